The number of hydrogen-bond donors (Lipinski definition) is 0. The number of aromatic nitrogens is 5. The Bertz CT molecular complexity index is 1120. The lowest BCUT2D eigenvalue weighted by Crippen LogP contribution is -2.06. The second kappa shape index (κ2) is 7.08. The van der Waals surface area contributed by atoms with E-state index in [9.17, 15) is 17.6 Å². The lowest BCUT2D eigenvalue weighted by atomic mass is 9.84. The summed E-state index contributed by atoms with van der Waals surface area (Å²) in [7, 11) is 1.90. The Morgan fingerprint density at radius 1 is 1.07 bits per heavy atom. The third-order valence-electron chi connectivity index (χ3n) is 4.53. The highest BCUT2D eigenvalue weighted by Crippen LogP contribution is 2.41. The van der Waals surface area contributed by atoms with Gasteiger partial charge in [-0.1, -0.05) is 6.42 Å². The van der Waals surface area contributed by atoms with Crippen LogP contribution in [0.2, 0.25) is 0 Å². The van der Waals surface area contributed by atoms with Crippen LogP contribution in [-0.4, -0.2) is 31.2 Å². The fourth-order valence-electron chi connectivity index (χ4n) is 3.04. The maximum absolute atomic E-state index is 9.69. The highest BCUT2D eigenvalue weighted by molar-refractivity contribution is 7.18. The molecule has 1 fully saturated rings. The SMILES string of the molecule is Cn1cc2cc(-c3ncc4cc(C5CCC5)sc4n3)cnc2n1.FC(F)(F)F. The summed E-state index contributed by atoms with van der Waals surface area (Å²) in [6.07, 6.45) is 4.18. The first kappa shape index (κ1) is 18.7. The minimum atomic E-state index is -5.50. The maximum atomic E-state index is 9.69. The van der Waals surface area contributed by atoms with Gasteiger partial charge in [0.2, 0.25) is 0 Å². The zero-order valence-electron chi connectivity index (χ0n) is 14.7. The van der Waals surface area contributed by atoms with Crippen LogP contribution < -0.4 is 0 Å². The largest absolute Gasteiger partial charge is 0.559 e. The molecule has 0 amide bonds. The third kappa shape index (κ3) is 4.11. The molecule has 0 aliphatic heterocycles. The quantitative estimate of drug-likeness (QED) is 0.417. The number of pyridine rings is 1. The molecule has 4 heterocycles. The molecule has 0 atom stereocenters. The van der Waals surface area contributed by atoms with Crippen molar-refractivity contribution in [1.82, 2.24) is 24.7 Å². The molecular formula is C18H15F4N5S. The van der Waals surface area contributed by atoms with E-state index in [1.54, 1.807) is 10.9 Å². The van der Waals surface area contributed by atoms with Gasteiger partial charge in [0, 0.05) is 46.9 Å². The van der Waals surface area contributed by atoms with Gasteiger partial charge < -0.3 is 0 Å². The zero-order valence-corrected chi connectivity index (χ0v) is 15.6. The van der Waals surface area contributed by atoms with Crippen molar-refractivity contribution in [1.29, 1.82) is 0 Å². The number of alkyl halides is 4. The first-order valence-electron chi connectivity index (χ1n) is 8.58. The Labute approximate surface area is 161 Å². The van der Waals surface area contributed by atoms with Crippen LogP contribution in [0.4, 0.5) is 17.6 Å². The topological polar surface area (TPSA) is 56.5 Å². The van der Waals surface area contributed by atoms with E-state index in [1.165, 1.54) is 24.1 Å². The van der Waals surface area contributed by atoms with Gasteiger partial charge in [-0.05, 0) is 30.9 Å². The molecule has 10 heteroatoms. The lowest BCUT2D eigenvalue weighted by molar-refractivity contribution is -0.237. The molecular weight excluding hydrogens is 394 g/mol. The van der Waals surface area contributed by atoms with Gasteiger partial charge in [-0.3, -0.25) is 4.68 Å². The Morgan fingerprint density at radius 2 is 1.82 bits per heavy atom. The van der Waals surface area contributed by atoms with Crippen LogP contribution in [0.25, 0.3) is 32.6 Å². The average Bonchev–Trinajstić information content (AvgIpc) is 3.11. The van der Waals surface area contributed by atoms with Crippen LogP contribution in [0.1, 0.15) is 30.1 Å². The van der Waals surface area contributed by atoms with E-state index in [0.717, 1.165) is 38.6 Å². The Kier molecular flexibility index (Phi) is 4.74. The molecule has 0 N–H and O–H groups in total. The molecule has 146 valence electrons. The zero-order chi connectivity index (χ0) is 19.9. The number of fused-ring (bicyclic) bond motifs is 2. The Hall–Kier alpha value is -2.62. The molecule has 28 heavy (non-hydrogen) atoms. The van der Waals surface area contributed by atoms with Gasteiger partial charge >= 0.3 is 6.43 Å². The summed E-state index contributed by atoms with van der Waals surface area (Å²) in [5.74, 6) is 1.48. The van der Waals surface area contributed by atoms with E-state index < -0.39 is 6.43 Å². The standard InChI is InChI=1S/C17H15N5S.CF4/c1-22-9-13-5-11(7-19-16(13)21-22)15-18-8-12-6-14(10-3-2-4-10)23-17(12)20-15;2-1(3,4)5/h5-10H,2-4H2,1H3;. The summed E-state index contributed by atoms with van der Waals surface area (Å²) in [5, 5.41) is 6.46. The molecule has 0 bridgehead atoms. The highest BCUT2D eigenvalue weighted by atomic mass is 32.1. The summed E-state index contributed by atoms with van der Waals surface area (Å²) >= 11 is 1.81. The van der Waals surface area contributed by atoms with Crippen molar-refractivity contribution in [3.05, 3.63) is 35.6 Å². The predicted octanol–water partition coefficient (Wildman–Crippen LogP) is 5.38. The van der Waals surface area contributed by atoms with Crippen LogP contribution in [0.3, 0.4) is 0 Å². The molecule has 1 aliphatic carbocycles. The number of hydrogen-bond acceptors (Lipinski definition) is 5. The van der Waals surface area contributed by atoms with E-state index in [4.69, 9.17) is 4.98 Å². The Morgan fingerprint density at radius 3 is 2.50 bits per heavy atom. The van der Waals surface area contributed by atoms with Gasteiger partial charge in [0.15, 0.2) is 11.5 Å². The fourth-order valence-corrected chi connectivity index (χ4v) is 4.21. The van der Waals surface area contributed by atoms with Crippen LogP contribution in [-0.2, 0) is 7.05 Å². The molecule has 0 radical (unpaired) electrons. The minimum absolute atomic E-state index is 0.734. The highest BCUT2D eigenvalue weighted by Gasteiger charge is 2.24. The van der Waals surface area contributed by atoms with Gasteiger partial charge in [-0.2, -0.15) is 5.10 Å². The molecule has 0 unspecified atom stereocenters. The molecule has 5 nitrogen and oxygen atoms in total. The van der Waals surface area contributed by atoms with E-state index in [2.05, 4.69) is 27.2 Å². The first-order valence-corrected chi connectivity index (χ1v) is 9.40. The average molecular weight is 409 g/mol. The summed E-state index contributed by atoms with van der Waals surface area (Å²) in [4.78, 5) is 16.2. The molecule has 1 saturated carbocycles. The summed E-state index contributed by atoms with van der Waals surface area (Å²) < 4.78 is 40.5. The van der Waals surface area contributed by atoms with E-state index in [0.29, 0.717) is 0 Å². The molecule has 4 aromatic rings. The smallest absolute Gasteiger partial charge is 0.273 e. The minimum Gasteiger partial charge on any atom is -0.273 e. The maximum Gasteiger partial charge on any atom is 0.559 e. The van der Waals surface area contributed by atoms with Crippen molar-refractivity contribution < 1.29 is 17.6 Å². The van der Waals surface area contributed by atoms with Gasteiger partial charge in [0.05, 0.1) is 0 Å². The van der Waals surface area contributed by atoms with E-state index in [-0.39, 0.29) is 0 Å². The van der Waals surface area contributed by atoms with Crippen molar-refractivity contribution in [2.24, 2.45) is 7.05 Å². The van der Waals surface area contributed by atoms with Gasteiger partial charge in [-0.25, -0.2) is 15.0 Å². The third-order valence-corrected chi connectivity index (χ3v) is 5.74. The van der Waals surface area contributed by atoms with Gasteiger partial charge in [0.25, 0.3) is 0 Å². The van der Waals surface area contributed by atoms with Crippen molar-refractivity contribution in [2.45, 2.75) is 31.6 Å². The second-order valence-electron chi connectivity index (χ2n) is 6.60. The molecule has 0 spiro atoms. The monoisotopic (exact) mass is 409 g/mol. The molecule has 5 rings (SSSR count). The van der Waals surface area contributed by atoms with Crippen molar-refractivity contribution in [3.8, 4) is 11.4 Å². The molecule has 4 aromatic heterocycles. The summed E-state index contributed by atoms with van der Waals surface area (Å²) in [6, 6.07) is 4.31. The van der Waals surface area contributed by atoms with Gasteiger partial charge in [0.1, 0.15) is 4.83 Å². The number of aryl methyl sites for hydroxylation is 1. The van der Waals surface area contributed by atoms with Crippen LogP contribution in [0.15, 0.2) is 30.7 Å². The molecule has 1 aliphatic rings. The Balaban J connectivity index is 0.000000346. The molecule has 0 aromatic carbocycles. The van der Waals surface area contributed by atoms with Crippen molar-refractivity contribution in [2.75, 3.05) is 0 Å². The molecule has 0 saturated heterocycles. The number of thiophene rings is 1. The van der Waals surface area contributed by atoms with Crippen LogP contribution in [0.5, 0.6) is 0 Å². The fraction of sp³-hybridized carbons (Fsp3) is 0.333. The predicted molar refractivity (Wildman–Crippen MR) is 98.7 cm³/mol. The summed E-state index contributed by atoms with van der Waals surface area (Å²) in [5.41, 5.74) is 1.69. The normalized spacial score (nSPS) is 14.8. The number of rotatable bonds is 2. The van der Waals surface area contributed by atoms with Crippen molar-refractivity contribution in [3.63, 3.8) is 0 Å². The lowest BCUT2D eigenvalue weighted by Gasteiger charge is -2.23. The van der Waals surface area contributed by atoms with Crippen LogP contribution in [0, 0.1) is 0 Å². The van der Waals surface area contributed by atoms with E-state index >= 15 is 0 Å². The number of nitrogens with zero attached hydrogens (tertiary/aromatic N) is 5. The van der Waals surface area contributed by atoms with Crippen LogP contribution >= 0.6 is 11.3 Å². The number of halogens is 4. The summed E-state index contributed by atoms with van der Waals surface area (Å²) in [6.45, 7) is 0. The van der Waals surface area contributed by atoms with E-state index in [1.807, 2.05) is 30.8 Å². The second-order valence-corrected chi connectivity index (χ2v) is 7.66. The first-order chi connectivity index (χ1) is 13.3. The van der Waals surface area contributed by atoms with Crippen molar-refractivity contribution >= 4 is 32.6 Å². The van der Waals surface area contributed by atoms with Gasteiger partial charge in [-0.15, -0.1) is 28.9 Å².